The predicted molar refractivity (Wildman–Crippen MR) is 139 cm³/mol. The minimum atomic E-state index is -0.239. The van der Waals surface area contributed by atoms with Crippen molar-refractivity contribution in [2.75, 3.05) is 38.1 Å². The molecular formula is C26H33N9O. The molecule has 10 nitrogen and oxygen atoms in total. The van der Waals surface area contributed by atoms with E-state index in [-0.39, 0.29) is 11.4 Å². The molecule has 0 spiro atoms. The third-order valence-electron chi connectivity index (χ3n) is 6.67. The van der Waals surface area contributed by atoms with Crippen LogP contribution < -0.4 is 10.2 Å². The molecule has 0 saturated carbocycles. The highest BCUT2D eigenvalue weighted by Crippen LogP contribution is 2.28. The number of nitrogens with one attached hydrogen (secondary N) is 1. The predicted octanol–water partition coefficient (Wildman–Crippen LogP) is 2.73. The number of hydrogen-bond acceptors (Lipinski definition) is 7. The van der Waals surface area contributed by atoms with E-state index < -0.39 is 0 Å². The summed E-state index contributed by atoms with van der Waals surface area (Å²) in [5.41, 5.74) is 5.10. The molecule has 0 atom stereocenters. The van der Waals surface area contributed by atoms with E-state index in [0.717, 1.165) is 59.9 Å². The molecule has 0 bridgehead atoms. The van der Waals surface area contributed by atoms with Crippen LogP contribution >= 0.6 is 0 Å². The number of aromatic nitrogens is 6. The van der Waals surface area contributed by atoms with E-state index in [2.05, 4.69) is 56.6 Å². The fourth-order valence-corrected chi connectivity index (χ4v) is 4.32. The van der Waals surface area contributed by atoms with E-state index in [1.165, 1.54) is 0 Å². The molecule has 0 aliphatic carbocycles. The van der Waals surface area contributed by atoms with Crippen molar-refractivity contribution in [1.82, 2.24) is 39.8 Å². The van der Waals surface area contributed by atoms with E-state index in [1.54, 1.807) is 17.1 Å². The minimum Gasteiger partial charge on any atom is -0.353 e. The molecule has 0 unspecified atom stereocenters. The SMILES string of the molecule is Cc1cc(-c2nc(N3CCN(C)CC3)cn3nccc23)ccc1CNC(=O)c1cn(C(C)(C)C)nn1. The maximum absolute atomic E-state index is 12.6. The average molecular weight is 488 g/mol. The van der Waals surface area contributed by atoms with Crippen LogP contribution in [0.5, 0.6) is 0 Å². The highest BCUT2D eigenvalue weighted by molar-refractivity contribution is 5.91. The van der Waals surface area contributed by atoms with E-state index in [0.29, 0.717) is 12.2 Å². The molecule has 1 N–H and O–H groups in total. The van der Waals surface area contributed by atoms with Crippen molar-refractivity contribution in [2.24, 2.45) is 0 Å². The third kappa shape index (κ3) is 4.81. The molecule has 4 aromatic rings. The Balaban J connectivity index is 1.35. The number of fused-ring (bicyclic) bond motifs is 1. The lowest BCUT2D eigenvalue weighted by atomic mass is 10.0. The molecule has 36 heavy (non-hydrogen) atoms. The summed E-state index contributed by atoms with van der Waals surface area (Å²) in [4.78, 5) is 22.3. The molecular weight excluding hydrogens is 454 g/mol. The van der Waals surface area contributed by atoms with Crippen LogP contribution in [-0.2, 0) is 12.1 Å². The zero-order chi connectivity index (χ0) is 25.4. The number of anilines is 1. The summed E-state index contributed by atoms with van der Waals surface area (Å²) in [6.07, 6.45) is 5.50. The number of piperazine rings is 1. The van der Waals surface area contributed by atoms with Gasteiger partial charge in [-0.15, -0.1) is 5.10 Å². The van der Waals surface area contributed by atoms with Gasteiger partial charge in [-0.2, -0.15) is 5.10 Å². The van der Waals surface area contributed by atoms with Gasteiger partial charge in [0.25, 0.3) is 5.91 Å². The Kier molecular flexibility index (Phi) is 6.21. The van der Waals surface area contributed by atoms with Gasteiger partial charge in [0.1, 0.15) is 5.82 Å². The van der Waals surface area contributed by atoms with Crippen molar-refractivity contribution in [1.29, 1.82) is 0 Å². The number of nitrogens with zero attached hydrogens (tertiary/aromatic N) is 8. The summed E-state index contributed by atoms with van der Waals surface area (Å²) in [6, 6.07) is 8.23. The molecule has 1 amide bonds. The number of rotatable bonds is 5. The third-order valence-corrected chi connectivity index (χ3v) is 6.67. The average Bonchev–Trinajstić information content (AvgIpc) is 3.53. The molecule has 3 aromatic heterocycles. The Hall–Kier alpha value is -3.79. The maximum Gasteiger partial charge on any atom is 0.273 e. The highest BCUT2D eigenvalue weighted by Gasteiger charge is 2.20. The van der Waals surface area contributed by atoms with Gasteiger partial charge in [0.2, 0.25) is 0 Å². The summed E-state index contributed by atoms with van der Waals surface area (Å²) < 4.78 is 3.60. The quantitative estimate of drug-likeness (QED) is 0.462. The number of carbonyl (C=O) groups is 1. The van der Waals surface area contributed by atoms with Crippen molar-refractivity contribution in [2.45, 2.75) is 39.8 Å². The molecule has 1 aromatic carbocycles. The van der Waals surface area contributed by atoms with Crippen molar-refractivity contribution >= 4 is 17.2 Å². The standard InChI is InChI=1S/C26H33N9O/c1-18-14-19(6-7-20(18)15-27-25(36)21-16-35(31-30-21)26(2,3)4)24-22-8-9-28-34(22)17-23(29-24)33-12-10-32(5)11-13-33/h6-9,14,16-17H,10-13,15H2,1-5H3,(H,27,36). The van der Waals surface area contributed by atoms with E-state index in [9.17, 15) is 4.79 Å². The monoisotopic (exact) mass is 487 g/mol. The van der Waals surface area contributed by atoms with Crippen LogP contribution in [-0.4, -0.2) is 73.6 Å². The number of likely N-dealkylation sites (N-methyl/N-ethyl adjacent to an activating group) is 1. The molecule has 4 heterocycles. The van der Waals surface area contributed by atoms with Crippen LogP contribution in [0.2, 0.25) is 0 Å². The summed E-state index contributed by atoms with van der Waals surface area (Å²) in [5.74, 6) is 0.697. The summed E-state index contributed by atoms with van der Waals surface area (Å²) in [6.45, 7) is 12.4. The van der Waals surface area contributed by atoms with E-state index >= 15 is 0 Å². The number of aryl methyl sites for hydroxylation is 1. The van der Waals surface area contributed by atoms with Crippen molar-refractivity contribution in [3.63, 3.8) is 0 Å². The molecule has 188 valence electrons. The van der Waals surface area contributed by atoms with Crippen LogP contribution in [0.1, 0.15) is 42.4 Å². The second-order valence-electron chi connectivity index (χ2n) is 10.4. The van der Waals surface area contributed by atoms with Crippen LogP contribution in [0.25, 0.3) is 16.8 Å². The van der Waals surface area contributed by atoms with Gasteiger partial charge in [-0.25, -0.2) is 14.2 Å². The number of amides is 1. The Morgan fingerprint density at radius 1 is 1.08 bits per heavy atom. The Labute approximate surface area is 210 Å². The highest BCUT2D eigenvalue weighted by atomic mass is 16.2. The lowest BCUT2D eigenvalue weighted by molar-refractivity contribution is 0.0945. The van der Waals surface area contributed by atoms with Crippen LogP contribution in [0.4, 0.5) is 5.82 Å². The lowest BCUT2D eigenvalue weighted by Gasteiger charge is -2.33. The summed E-state index contributed by atoms with van der Waals surface area (Å²) >= 11 is 0. The molecule has 1 saturated heterocycles. The van der Waals surface area contributed by atoms with Crippen LogP contribution in [0.15, 0.2) is 42.9 Å². The Morgan fingerprint density at radius 3 is 2.56 bits per heavy atom. The normalized spacial score (nSPS) is 15.0. The second kappa shape index (κ2) is 9.34. The number of hydrogen-bond donors (Lipinski definition) is 1. The fourth-order valence-electron chi connectivity index (χ4n) is 4.32. The van der Waals surface area contributed by atoms with E-state index in [4.69, 9.17) is 4.98 Å². The van der Waals surface area contributed by atoms with Gasteiger partial charge in [-0.1, -0.05) is 17.3 Å². The molecule has 0 radical (unpaired) electrons. The van der Waals surface area contributed by atoms with Gasteiger partial charge >= 0.3 is 0 Å². The molecule has 1 aliphatic rings. The first-order chi connectivity index (χ1) is 17.2. The largest absolute Gasteiger partial charge is 0.353 e. The first-order valence-corrected chi connectivity index (χ1v) is 12.3. The maximum atomic E-state index is 12.6. The number of carbonyl (C=O) groups excluding carboxylic acids is 1. The summed E-state index contributed by atoms with van der Waals surface area (Å²) in [7, 11) is 2.15. The first-order valence-electron chi connectivity index (χ1n) is 12.3. The number of benzene rings is 1. The van der Waals surface area contributed by atoms with Crippen molar-refractivity contribution < 1.29 is 4.79 Å². The van der Waals surface area contributed by atoms with Gasteiger partial charge in [0.05, 0.1) is 35.3 Å². The van der Waals surface area contributed by atoms with Crippen LogP contribution in [0.3, 0.4) is 0 Å². The minimum absolute atomic E-state index is 0.228. The van der Waals surface area contributed by atoms with Crippen molar-refractivity contribution in [3.8, 4) is 11.3 Å². The first kappa shape index (κ1) is 23.9. The summed E-state index contributed by atoms with van der Waals surface area (Å²) in [5, 5.41) is 15.6. The molecule has 10 heteroatoms. The van der Waals surface area contributed by atoms with Crippen LogP contribution in [0, 0.1) is 6.92 Å². The Morgan fingerprint density at radius 2 is 1.86 bits per heavy atom. The van der Waals surface area contributed by atoms with Gasteiger partial charge in [0.15, 0.2) is 5.69 Å². The smallest absolute Gasteiger partial charge is 0.273 e. The molecule has 1 fully saturated rings. The lowest BCUT2D eigenvalue weighted by Crippen LogP contribution is -2.44. The zero-order valence-corrected chi connectivity index (χ0v) is 21.6. The molecule has 5 rings (SSSR count). The van der Waals surface area contributed by atoms with Gasteiger partial charge in [-0.3, -0.25) is 4.79 Å². The van der Waals surface area contributed by atoms with Gasteiger partial charge in [-0.05, 0) is 58.0 Å². The van der Waals surface area contributed by atoms with Gasteiger partial charge < -0.3 is 15.1 Å². The van der Waals surface area contributed by atoms with Crippen molar-refractivity contribution in [3.05, 3.63) is 59.7 Å². The van der Waals surface area contributed by atoms with Gasteiger partial charge in [0, 0.05) is 38.3 Å². The second-order valence-corrected chi connectivity index (χ2v) is 10.4. The fraction of sp³-hybridized carbons (Fsp3) is 0.423. The topological polar surface area (TPSA) is 96.5 Å². The van der Waals surface area contributed by atoms with E-state index in [1.807, 2.05) is 43.6 Å². The zero-order valence-electron chi connectivity index (χ0n) is 21.6. The molecule has 1 aliphatic heterocycles. The Bertz CT molecular complexity index is 1390.